The minimum absolute atomic E-state index is 0.141. The number of hydrogen-bond donors (Lipinski definition) is 0. The first kappa shape index (κ1) is 19.8. The number of amides is 1. The lowest BCUT2D eigenvalue weighted by Gasteiger charge is -2.26. The van der Waals surface area contributed by atoms with Crippen LogP contribution in [0.2, 0.25) is 5.02 Å². The van der Waals surface area contributed by atoms with Crippen molar-refractivity contribution in [1.29, 1.82) is 0 Å². The highest BCUT2D eigenvalue weighted by molar-refractivity contribution is 6.33. The van der Waals surface area contributed by atoms with Crippen molar-refractivity contribution in [3.8, 4) is 11.1 Å². The molecular formula is C20H17ClF2N2O3. The summed E-state index contributed by atoms with van der Waals surface area (Å²) in [6.07, 6.45) is 0. The van der Waals surface area contributed by atoms with Crippen LogP contribution in [0.4, 0.5) is 19.3 Å². The summed E-state index contributed by atoms with van der Waals surface area (Å²) in [6.45, 7) is 4.80. The average molecular weight is 407 g/mol. The first-order valence-corrected chi connectivity index (χ1v) is 8.86. The molecule has 0 aliphatic carbocycles. The zero-order valence-electron chi connectivity index (χ0n) is 15.4. The largest absolute Gasteiger partial charge is 0.371 e. The van der Waals surface area contributed by atoms with Gasteiger partial charge in [0.25, 0.3) is 5.56 Å². The first-order valence-electron chi connectivity index (χ1n) is 8.48. The average Bonchev–Trinajstić information content (AvgIpc) is 2.92. The Morgan fingerprint density at radius 2 is 1.86 bits per heavy atom. The van der Waals surface area contributed by atoms with Crippen LogP contribution in [-0.2, 0) is 0 Å². The lowest BCUT2D eigenvalue weighted by Crippen LogP contribution is -2.43. The molecular weight excluding hydrogens is 390 g/mol. The normalized spacial score (nSPS) is 11.1. The number of nitrogens with zero attached hydrogens (tertiary/aromatic N) is 2. The van der Waals surface area contributed by atoms with Gasteiger partial charge in [-0.25, -0.2) is 13.6 Å². The highest BCUT2D eigenvalue weighted by atomic mass is 35.5. The molecule has 0 N–H and O–H groups in total. The number of rotatable bonds is 3. The zero-order valence-corrected chi connectivity index (χ0v) is 16.1. The Balaban J connectivity index is 2.12. The van der Waals surface area contributed by atoms with Crippen LogP contribution in [0, 0.1) is 18.6 Å². The van der Waals surface area contributed by atoms with Crippen LogP contribution >= 0.6 is 11.6 Å². The second-order valence-electron chi connectivity index (χ2n) is 6.44. The molecule has 8 heteroatoms. The molecule has 1 amide bonds. The molecule has 5 nitrogen and oxygen atoms in total. The molecule has 0 radical (unpaired) electrons. The van der Waals surface area contributed by atoms with Crippen LogP contribution < -0.4 is 10.5 Å². The van der Waals surface area contributed by atoms with E-state index in [1.807, 2.05) is 0 Å². The van der Waals surface area contributed by atoms with Crippen LogP contribution in [-0.4, -0.2) is 16.8 Å². The summed E-state index contributed by atoms with van der Waals surface area (Å²) in [4.78, 5) is 26.9. The van der Waals surface area contributed by atoms with E-state index in [-0.39, 0.29) is 17.0 Å². The van der Waals surface area contributed by atoms with Crippen molar-refractivity contribution >= 4 is 23.3 Å². The number of benzene rings is 2. The molecule has 3 rings (SSSR count). The fraction of sp³-hybridized carbons (Fsp3) is 0.200. The second-order valence-corrected chi connectivity index (χ2v) is 6.85. The summed E-state index contributed by atoms with van der Waals surface area (Å²) < 4.78 is 33.5. The van der Waals surface area contributed by atoms with Crippen molar-refractivity contribution in [3.05, 3.63) is 75.2 Å². The fourth-order valence-corrected chi connectivity index (χ4v) is 3.18. The molecule has 0 spiro atoms. The van der Waals surface area contributed by atoms with E-state index in [9.17, 15) is 18.4 Å². The summed E-state index contributed by atoms with van der Waals surface area (Å²) in [5.41, 5.74) is -0.321. The van der Waals surface area contributed by atoms with Gasteiger partial charge in [0.2, 0.25) is 0 Å². The van der Waals surface area contributed by atoms with E-state index in [2.05, 4.69) is 0 Å². The fourth-order valence-electron chi connectivity index (χ4n) is 2.95. The smallest absolute Gasteiger partial charge is 0.365 e. The van der Waals surface area contributed by atoms with Crippen molar-refractivity contribution < 1.29 is 18.1 Å². The lowest BCUT2D eigenvalue weighted by molar-refractivity contribution is 0.210. The van der Waals surface area contributed by atoms with Crippen molar-refractivity contribution in [2.75, 3.05) is 4.90 Å². The number of carbonyl (C=O) groups excluding carboxylic acids is 1. The predicted octanol–water partition coefficient (Wildman–Crippen LogP) is 5.23. The van der Waals surface area contributed by atoms with Gasteiger partial charge >= 0.3 is 6.03 Å². The number of anilines is 1. The summed E-state index contributed by atoms with van der Waals surface area (Å²) in [6, 6.07) is 8.07. The summed E-state index contributed by atoms with van der Waals surface area (Å²) in [5.74, 6) is -1.51. The highest BCUT2D eigenvalue weighted by Gasteiger charge is 2.29. The van der Waals surface area contributed by atoms with Crippen LogP contribution in [0.5, 0.6) is 0 Å². The number of carbonyl (C=O) groups is 1. The molecule has 0 aliphatic rings. The van der Waals surface area contributed by atoms with Crippen molar-refractivity contribution in [3.63, 3.8) is 0 Å². The van der Waals surface area contributed by atoms with Crippen LogP contribution in [0.3, 0.4) is 0 Å². The lowest BCUT2D eigenvalue weighted by atomic mass is 10.1. The zero-order chi connectivity index (χ0) is 20.6. The van der Waals surface area contributed by atoms with Gasteiger partial charge in [-0.1, -0.05) is 34.5 Å². The number of aromatic nitrogens is 1. The molecule has 1 aromatic heterocycles. The molecule has 0 saturated heterocycles. The van der Waals surface area contributed by atoms with E-state index in [0.29, 0.717) is 21.4 Å². The van der Waals surface area contributed by atoms with E-state index in [1.165, 1.54) is 6.92 Å². The van der Waals surface area contributed by atoms with Crippen molar-refractivity contribution in [1.82, 2.24) is 4.74 Å². The predicted molar refractivity (Wildman–Crippen MR) is 103 cm³/mol. The van der Waals surface area contributed by atoms with Gasteiger partial charge in [0.15, 0.2) is 0 Å². The molecule has 146 valence electrons. The molecule has 0 unspecified atom stereocenters. The third kappa shape index (κ3) is 3.45. The number of hydrogen-bond acceptors (Lipinski definition) is 3. The Kier molecular flexibility index (Phi) is 5.38. The van der Waals surface area contributed by atoms with Gasteiger partial charge in [-0.2, -0.15) is 0 Å². The topological polar surface area (TPSA) is 55.5 Å². The van der Waals surface area contributed by atoms with E-state index < -0.39 is 29.3 Å². The molecule has 2 aromatic carbocycles. The Morgan fingerprint density at radius 3 is 2.46 bits per heavy atom. The highest BCUT2D eigenvalue weighted by Crippen LogP contribution is 2.29. The molecule has 0 aliphatic heterocycles. The Morgan fingerprint density at radius 1 is 1.18 bits per heavy atom. The standard InChI is InChI=1S/C20H17ClF2N2O3/c1-11(2)24(17-9-8-13(22)10-16(17)23)20(27)25-19(26)18(12(3)28-25)14-6-4-5-7-15(14)21/h4-11H,1-3H3. The van der Waals surface area contributed by atoms with Gasteiger partial charge in [0, 0.05) is 22.7 Å². The van der Waals surface area contributed by atoms with Crippen LogP contribution in [0.1, 0.15) is 19.6 Å². The minimum Gasteiger partial charge on any atom is -0.371 e. The molecule has 1 heterocycles. The maximum atomic E-state index is 14.3. The Labute approximate surface area is 164 Å². The van der Waals surface area contributed by atoms with E-state index in [1.54, 1.807) is 38.1 Å². The Hall–Kier alpha value is -2.93. The van der Waals surface area contributed by atoms with E-state index >= 15 is 0 Å². The van der Waals surface area contributed by atoms with Gasteiger partial charge in [0.05, 0.1) is 11.3 Å². The number of halogens is 3. The van der Waals surface area contributed by atoms with Gasteiger partial charge < -0.3 is 4.52 Å². The van der Waals surface area contributed by atoms with Crippen LogP contribution in [0.25, 0.3) is 11.1 Å². The molecule has 0 bridgehead atoms. The molecule has 0 atom stereocenters. The quantitative estimate of drug-likeness (QED) is 0.598. The first-order chi connectivity index (χ1) is 13.2. The third-order valence-corrected chi connectivity index (χ3v) is 4.52. The number of aryl methyl sites for hydroxylation is 1. The second kappa shape index (κ2) is 7.59. The SMILES string of the molecule is Cc1on(C(=O)N(c2ccc(F)cc2F)C(C)C)c(=O)c1-c1ccccc1Cl. The molecule has 3 aromatic rings. The maximum Gasteiger partial charge on any atom is 0.365 e. The maximum absolute atomic E-state index is 14.3. The van der Waals surface area contributed by atoms with Crippen molar-refractivity contribution in [2.24, 2.45) is 0 Å². The van der Waals surface area contributed by atoms with E-state index in [4.69, 9.17) is 16.1 Å². The Bertz CT molecular complexity index is 1110. The van der Waals surface area contributed by atoms with Gasteiger partial charge in [0.1, 0.15) is 17.4 Å². The van der Waals surface area contributed by atoms with Gasteiger partial charge in [-0.3, -0.25) is 9.69 Å². The molecule has 0 fully saturated rings. The van der Waals surface area contributed by atoms with Gasteiger partial charge in [-0.15, -0.1) is 0 Å². The van der Waals surface area contributed by atoms with E-state index in [0.717, 1.165) is 17.0 Å². The van der Waals surface area contributed by atoms with Gasteiger partial charge in [-0.05, 0) is 39.0 Å². The van der Waals surface area contributed by atoms with Crippen molar-refractivity contribution in [2.45, 2.75) is 26.8 Å². The molecule has 28 heavy (non-hydrogen) atoms. The molecule has 0 saturated carbocycles. The summed E-state index contributed by atoms with van der Waals surface area (Å²) >= 11 is 6.17. The summed E-state index contributed by atoms with van der Waals surface area (Å²) in [5, 5.41) is 0.327. The monoisotopic (exact) mass is 406 g/mol. The van der Waals surface area contributed by atoms with Crippen LogP contribution in [0.15, 0.2) is 51.8 Å². The third-order valence-electron chi connectivity index (χ3n) is 4.19. The minimum atomic E-state index is -0.926. The summed E-state index contributed by atoms with van der Waals surface area (Å²) in [7, 11) is 0.